The predicted octanol–water partition coefficient (Wildman–Crippen LogP) is 4.43. The molecular formula is C16H29F2N. The van der Waals surface area contributed by atoms with Crippen molar-refractivity contribution in [3.8, 4) is 0 Å². The molecule has 1 saturated carbocycles. The second-order valence-electron chi connectivity index (χ2n) is 6.95. The van der Waals surface area contributed by atoms with Crippen LogP contribution in [-0.2, 0) is 0 Å². The van der Waals surface area contributed by atoms with Crippen molar-refractivity contribution in [2.45, 2.75) is 58.8 Å². The monoisotopic (exact) mass is 273 g/mol. The third-order valence-electron chi connectivity index (χ3n) is 5.45. The summed E-state index contributed by atoms with van der Waals surface area (Å²) in [5.41, 5.74) is 0. The number of nitrogens with zero attached hydrogens (tertiary/aromatic N) is 1. The van der Waals surface area contributed by atoms with E-state index in [-0.39, 0.29) is 6.54 Å². The molecule has 1 nitrogen and oxygen atoms in total. The van der Waals surface area contributed by atoms with E-state index in [1.807, 2.05) is 4.90 Å². The van der Waals surface area contributed by atoms with Crippen molar-refractivity contribution in [2.75, 3.05) is 19.6 Å². The number of piperidine rings is 1. The van der Waals surface area contributed by atoms with Crippen LogP contribution in [-0.4, -0.2) is 31.0 Å². The van der Waals surface area contributed by atoms with E-state index >= 15 is 0 Å². The van der Waals surface area contributed by atoms with Gasteiger partial charge in [0.2, 0.25) is 0 Å². The van der Waals surface area contributed by atoms with Crippen molar-refractivity contribution in [3.05, 3.63) is 0 Å². The first-order valence-electron chi connectivity index (χ1n) is 8.06. The fourth-order valence-electron chi connectivity index (χ4n) is 4.09. The topological polar surface area (TPSA) is 3.24 Å². The van der Waals surface area contributed by atoms with Gasteiger partial charge in [0.25, 0.3) is 6.43 Å². The molecule has 0 amide bonds. The molecule has 1 aliphatic carbocycles. The predicted molar refractivity (Wildman–Crippen MR) is 75.5 cm³/mol. The van der Waals surface area contributed by atoms with Crippen molar-refractivity contribution in [1.29, 1.82) is 0 Å². The maximum Gasteiger partial charge on any atom is 0.251 e. The number of halogens is 2. The lowest BCUT2D eigenvalue weighted by Gasteiger charge is -2.39. The summed E-state index contributed by atoms with van der Waals surface area (Å²) in [4.78, 5) is 1.95. The van der Waals surface area contributed by atoms with E-state index < -0.39 is 6.43 Å². The summed E-state index contributed by atoms with van der Waals surface area (Å²) in [6.45, 7) is 6.44. The van der Waals surface area contributed by atoms with Crippen LogP contribution in [0, 0.1) is 23.7 Å². The normalized spacial score (nSPS) is 31.3. The molecule has 1 heterocycles. The van der Waals surface area contributed by atoms with Crippen LogP contribution in [0.25, 0.3) is 0 Å². The number of likely N-dealkylation sites (tertiary alicyclic amines) is 1. The Morgan fingerprint density at radius 1 is 0.895 bits per heavy atom. The van der Waals surface area contributed by atoms with Gasteiger partial charge in [0.15, 0.2) is 0 Å². The van der Waals surface area contributed by atoms with Crippen molar-refractivity contribution in [1.82, 2.24) is 4.90 Å². The first kappa shape index (κ1) is 15.2. The van der Waals surface area contributed by atoms with Crippen LogP contribution in [0.3, 0.4) is 0 Å². The van der Waals surface area contributed by atoms with Gasteiger partial charge >= 0.3 is 0 Å². The largest absolute Gasteiger partial charge is 0.298 e. The summed E-state index contributed by atoms with van der Waals surface area (Å²) in [5.74, 6) is 3.44. The van der Waals surface area contributed by atoms with Gasteiger partial charge in [0, 0.05) is 0 Å². The molecule has 1 aliphatic heterocycles. The quantitative estimate of drug-likeness (QED) is 0.732. The molecule has 1 saturated heterocycles. The van der Waals surface area contributed by atoms with E-state index in [0.717, 1.165) is 49.6 Å². The highest BCUT2D eigenvalue weighted by molar-refractivity contribution is 4.82. The Kier molecular flexibility index (Phi) is 5.61. The van der Waals surface area contributed by atoms with Crippen LogP contribution in [0.1, 0.15) is 52.4 Å². The van der Waals surface area contributed by atoms with E-state index in [2.05, 4.69) is 13.8 Å². The minimum absolute atomic E-state index is 0.0210. The number of alkyl halides is 2. The lowest BCUT2D eigenvalue weighted by molar-refractivity contribution is 0.0526. The lowest BCUT2D eigenvalue weighted by Crippen LogP contribution is -2.39. The Balaban J connectivity index is 1.71. The second-order valence-corrected chi connectivity index (χ2v) is 6.95. The minimum atomic E-state index is -2.17. The summed E-state index contributed by atoms with van der Waals surface area (Å²) in [7, 11) is 0. The van der Waals surface area contributed by atoms with Gasteiger partial charge in [-0.1, -0.05) is 13.8 Å². The highest BCUT2D eigenvalue weighted by Crippen LogP contribution is 2.39. The maximum absolute atomic E-state index is 12.3. The van der Waals surface area contributed by atoms with Gasteiger partial charge in [-0.25, -0.2) is 8.78 Å². The third kappa shape index (κ3) is 4.40. The summed E-state index contributed by atoms with van der Waals surface area (Å²) in [5, 5.41) is 0. The molecule has 0 bridgehead atoms. The van der Waals surface area contributed by atoms with Crippen LogP contribution < -0.4 is 0 Å². The first-order chi connectivity index (χ1) is 9.06. The van der Waals surface area contributed by atoms with E-state index in [0.29, 0.717) is 0 Å². The molecule has 0 atom stereocenters. The summed E-state index contributed by atoms with van der Waals surface area (Å²) < 4.78 is 24.7. The lowest BCUT2D eigenvalue weighted by atomic mass is 9.70. The minimum Gasteiger partial charge on any atom is -0.298 e. The van der Waals surface area contributed by atoms with Gasteiger partial charge in [0.1, 0.15) is 0 Å². The zero-order chi connectivity index (χ0) is 13.8. The Labute approximate surface area is 116 Å². The smallest absolute Gasteiger partial charge is 0.251 e. The van der Waals surface area contributed by atoms with Crippen LogP contribution in [0.15, 0.2) is 0 Å². The fraction of sp³-hybridized carbons (Fsp3) is 1.00. The molecule has 0 radical (unpaired) electrons. The molecule has 0 aromatic rings. The molecule has 0 aromatic heterocycles. The van der Waals surface area contributed by atoms with Crippen LogP contribution >= 0.6 is 0 Å². The van der Waals surface area contributed by atoms with Gasteiger partial charge in [0.05, 0.1) is 6.54 Å². The average Bonchev–Trinajstić information content (AvgIpc) is 2.39. The highest BCUT2D eigenvalue weighted by atomic mass is 19.3. The van der Waals surface area contributed by atoms with E-state index in [4.69, 9.17) is 0 Å². The molecule has 0 aromatic carbocycles. The molecule has 2 rings (SSSR count). The Hall–Kier alpha value is -0.180. The van der Waals surface area contributed by atoms with Gasteiger partial charge in [-0.3, -0.25) is 4.90 Å². The Morgan fingerprint density at radius 3 is 1.89 bits per heavy atom. The SMILES string of the molecule is CC(C)C1CCC(C2CCN(CC(F)F)CC2)CC1. The average molecular weight is 273 g/mol. The van der Waals surface area contributed by atoms with Gasteiger partial charge < -0.3 is 0 Å². The molecule has 0 spiro atoms. The second kappa shape index (κ2) is 7.01. The fourth-order valence-corrected chi connectivity index (χ4v) is 4.09. The van der Waals surface area contributed by atoms with Crippen molar-refractivity contribution >= 4 is 0 Å². The number of hydrogen-bond acceptors (Lipinski definition) is 1. The van der Waals surface area contributed by atoms with Gasteiger partial charge in [-0.2, -0.15) is 0 Å². The molecule has 0 N–H and O–H groups in total. The molecule has 2 aliphatic rings. The van der Waals surface area contributed by atoms with Crippen molar-refractivity contribution in [2.24, 2.45) is 23.7 Å². The van der Waals surface area contributed by atoms with Gasteiger partial charge in [-0.15, -0.1) is 0 Å². The molecule has 112 valence electrons. The van der Waals surface area contributed by atoms with Crippen molar-refractivity contribution in [3.63, 3.8) is 0 Å². The molecular weight excluding hydrogens is 244 g/mol. The van der Waals surface area contributed by atoms with Crippen LogP contribution in [0.2, 0.25) is 0 Å². The molecule has 0 unspecified atom stereocenters. The number of rotatable bonds is 4. The summed E-state index contributed by atoms with van der Waals surface area (Å²) >= 11 is 0. The molecule has 19 heavy (non-hydrogen) atoms. The third-order valence-corrected chi connectivity index (χ3v) is 5.45. The zero-order valence-electron chi connectivity index (χ0n) is 12.5. The Bertz CT molecular complexity index is 251. The number of hydrogen-bond donors (Lipinski definition) is 0. The van der Waals surface area contributed by atoms with E-state index in [1.54, 1.807) is 0 Å². The maximum atomic E-state index is 12.3. The van der Waals surface area contributed by atoms with E-state index in [9.17, 15) is 8.78 Å². The van der Waals surface area contributed by atoms with E-state index in [1.165, 1.54) is 25.7 Å². The van der Waals surface area contributed by atoms with Crippen LogP contribution in [0.5, 0.6) is 0 Å². The van der Waals surface area contributed by atoms with Crippen LogP contribution in [0.4, 0.5) is 8.78 Å². The summed E-state index contributed by atoms with van der Waals surface area (Å²) in [6.07, 6.45) is 5.65. The highest BCUT2D eigenvalue weighted by Gasteiger charge is 2.31. The standard InChI is InChI=1S/C16H29F2N/c1-12(2)13-3-5-14(6-4-13)15-7-9-19(10-8-15)11-16(17)18/h12-16H,3-11H2,1-2H3. The first-order valence-corrected chi connectivity index (χ1v) is 8.06. The Morgan fingerprint density at radius 2 is 1.42 bits per heavy atom. The molecule has 2 fully saturated rings. The summed E-state index contributed by atoms with van der Waals surface area (Å²) in [6, 6.07) is 0. The van der Waals surface area contributed by atoms with Gasteiger partial charge in [-0.05, 0) is 75.3 Å². The molecule has 3 heteroatoms. The zero-order valence-corrected chi connectivity index (χ0v) is 12.5. The van der Waals surface area contributed by atoms with Crippen molar-refractivity contribution < 1.29 is 8.78 Å².